The van der Waals surface area contributed by atoms with Crippen LogP contribution in [0.1, 0.15) is 12.8 Å². The molecule has 19 heavy (non-hydrogen) atoms. The number of aromatic nitrogens is 2. The van der Waals surface area contributed by atoms with Crippen molar-refractivity contribution in [2.75, 3.05) is 44.1 Å². The molecule has 2 N–H and O–H groups in total. The summed E-state index contributed by atoms with van der Waals surface area (Å²) < 4.78 is 5.27. The largest absolute Gasteiger partial charge is 0.388 e. The Kier molecular flexibility index (Phi) is 4.44. The highest BCUT2D eigenvalue weighted by atomic mass is 35.5. The normalized spacial score (nSPS) is 18.1. The summed E-state index contributed by atoms with van der Waals surface area (Å²) in [6, 6.07) is 0. The molecule has 1 aromatic heterocycles. The van der Waals surface area contributed by atoms with Crippen LogP contribution in [0.5, 0.6) is 0 Å². The zero-order valence-corrected chi connectivity index (χ0v) is 11.9. The van der Waals surface area contributed by atoms with Crippen molar-refractivity contribution in [1.82, 2.24) is 9.97 Å². The maximum Gasteiger partial charge on any atom is 0.224 e. The zero-order chi connectivity index (χ0) is 13.9. The van der Waals surface area contributed by atoms with E-state index in [1.807, 2.05) is 11.9 Å². The van der Waals surface area contributed by atoms with Crippen LogP contribution in [-0.2, 0) is 4.74 Å². The maximum atomic E-state index is 10.5. The molecule has 2 heterocycles. The topological polar surface area (TPSA) is 70.5 Å². The number of hydrogen-bond acceptors (Lipinski definition) is 6. The quantitative estimate of drug-likeness (QED) is 0.865. The average Bonchev–Trinajstić information content (AvgIpc) is 2.39. The van der Waals surface area contributed by atoms with Gasteiger partial charge in [-0.3, -0.25) is 0 Å². The number of halogens is 1. The van der Waals surface area contributed by atoms with Gasteiger partial charge in [0, 0.05) is 46.7 Å². The number of nitrogens with one attached hydrogen (secondary N) is 1. The predicted molar refractivity (Wildman–Crippen MR) is 74.9 cm³/mol. The molecule has 2 rings (SSSR count). The fourth-order valence-corrected chi connectivity index (χ4v) is 2.41. The van der Waals surface area contributed by atoms with Crippen LogP contribution in [0.4, 0.5) is 11.8 Å². The summed E-state index contributed by atoms with van der Waals surface area (Å²) in [6.45, 7) is 1.64. The van der Waals surface area contributed by atoms with Crippen molar-refractivity contribution in [3.05, 3.63) is 11.2 Å². The molecule has 0 amide bonds. The smallest absolute Gasteiger partial charge is 0.224 e. The lowest BCUT2D eigenvalue weighted by atomic mass is 9.94. The van der Waals surface area contributed by atoms with Gasteiger partial charge in [0.05, 0.1) is 11.8 Å². The second-order valence-corrected chi connectivity index (χ2v) is 5.22. The minimum absolute atomic E-state index is 0.468. The monoisotopic (exact) mass is 286 g/mol. The lowest BCUT2D eigenvalue weighted by molar-refractivity contribution is -0.0573. The van der Waals surface area contributed by atoms with E-state index in [4.69, 9.17) is 16.3 Å². The molecular formula is C12H19ClN4O2. The van der Waals surface area contributed by atoms with Gasteiger partial charge in [-0.1, -0.05) is 11.6 Å². The summed E-state index contributed by atoms with van der Waals surface area (Å²) in [5.41, 5.74) is -0.749. The van der Waals surface area contributed by atoms with Crippen molar-refractivity contribution >= 4 is 23.4 Å². The van der Waals surface area contributed by atoms with Crippen molar-refractivity contribution in [3.8, 4) is 0 Å². The third-order valence-electron chi connectivity index (χ3n) is 3.27. The molecule has 7 heteroatoms. The van der Waals surface area contributed by atoms with Gasteiger partial charge in [-0.05, 0) is 0 Å². The summed E-state index contributed by atoms with van der Waals surface area (Å²) in [5, 5.41) is 13.8. The first kappa shape index (κ1) is 14.3. The molecule has 0 aromatic carbocycles. The van der Waals surface area contributed by atoms with Crippen LogP contribution < -0.4 is 10.2 Å². The van der Waals surface area contributed by atoms with Gasteiger partial charge in [-0.25, -0.2) is 4.98 Å². The average molecular weight is 287 g/mol. The Morgan fingerprint density at radius 3 is 2.84 bits per heavy atom. The number of likely N-dealkylation sites (N-methyl/N-ethyl adjacent to an activating group) is 1. The van der Waals surface area contributed by atoms with Crippen molar-refractivity contribution in [2.24, 2.45) is 0 Å². The maximum absolute atomic E-state index is 10.5. The molecule has 1 aromatic rings. The van der Waals surface area contributed by atoms with E-state index >= 15 is 0 Å². The molecule has 1 aliphatic rings. The van der Waals surface area contributed by atoms with Crippen molar-refractivity contribution in [3.63, 3.8) is 0 Å². The Morgan fingerprint density at radius 2 is 2.21 bits per heavy atom. The Labute approximate surface area is 117 Å². The number of hydrogen-bond donors (Lipinski definition) is 2. The van der Waals surface area contributed by atoms with Crippen LogP contribution >= 0.6 is 11.6 Å². The highest BCUT2D eigenvalue weighted by molar-refractivity contribution is 6.32. The Morgan fingerprint density at radius 1 is 1.53 bits per heavy atom. The van der Waals surface area contributed by atoms with Gasteiger partial charge in [0.1, 0.15) is 5.02 Å². The fourth-order valence-electron chi connectivity index (χ4n) is 2.17. The molecule has 0 saturated carbocycles. The third kappa shape index (κ3) is 3.46. The SMILES string of the molecule is CNc1ncc(Cl)c(N(C)CC2(O)CCOCC2)n1. The van der Waals surface area contributed by atoms with E-state index in [1.54, 1.807) is 13.2 Å². The highest BCUT2D eigenvalue weighted by Crippen LogP contribution is 2.27. The molecule has 1 aliphatic heterocycles. The van der Waals surface area contributed by atoms with Crippen molar-refractivity contribution in [1.29, 1.82) is 0 Å². The highest BCUT2D eigenvalue weighted by Gasteiger charge is 2.32. The molecule has 0 spiro atoms. The molecule has 0 radical (unpaired) electrons. The number of ether oxygens (including phenoxy) is 1. The van der Waals surface area contributed by atoms with E-state index in [-0.39, 0.29) is 0 Å². The van der Waals surface area contributed by atoms with E-state index in [9.17, 15) is 5.11 Å². The third-order valence-corrected chi connectivity index (χ3v) is 3.53. The summed E-state index contributed by atoms with van der Waals surface area (Å²) in [6.07, 6.45) is 2.80. The van der Waals surface area contributed by atoms with Crippen molar-refractivity contribution < 1.29 is 9.84 Å². The molecule has 0 aliphatic carbocycles. The lowest BCUT2D eigenvalue weighted by Crippen LogP contribution is -2.46. The lowest BCUT2D eigenvalue weighted by Gasteiger charge is -2.36. The molecule has 0 bridgehead atoms. The molecule has 1 saturated heterocycles. The van der Waals surface area contributed by atoms with Gasteiger partial charge < -0.3 is 20.1 Å². The second-order valence-electron chi connectivity index (χ2n) is 4.81. The van der Waals surface area contributed by atoms with E-state index in [0.29, 0.717) is 49.4 Å². The van der Waals surface area contributed by atoms with Crippen LogP contribution in [0.15, 0.2) is 6.20 Å². The summed E-state index contributed by atoms with van der Waals surface area (Å²) in [4.78, 5) is 10.2. The van der Waals surface area contributed by atoms with Crippen LogP contribution in [0, 0.1) is 0 Å². The summed E-state index contributed by atoms with van der Waals surface area (Å²) in [7, 11) is 3.61. The van der Waals surface area contributed by atoms with E-state index in [1.165, 1.54) is 0 Å². The molecule has 1 fully saturated rings. The van der Waals surface area contributed by atoms with Gasteiger partial charge >= 0.3 is 0 Å². The minimum Gasteiger partial charge on any atom is -0.388 e. The molecule has 106 valence electrons. The standard InChI is InChI=1S/C12H19ClN4O2/c1-14-11-15-7-9(13)10(16-11)17(2)8-12(18)3-5-19-6-4-12/h7,18H,3-6,8H2,1-2H3,(H,14,15,16). The Bertz CT molecular complexity index is 438. The number of rotatable bonds is 4. The van der Waals surface area contributed by atoms with E-state index in [0.717, 1.165) is 0 Å². The van der Waals surface area contributed by atoms with Gasteiger partial charge in [-0.2, -0.15) is 4.98 Å². The minimum atomic E-state index is -0.749. The van der Waals surface area contributed by atoms with Crippen LogP contribution in [0.2, 0.25) is 5.02 Å². The fraction of sp³-hybridized carbons (Fsp3) is 0.667. The number of aliphatic hydroxyl groups is 1. The summed E-state index contributed by atoms with van der Waals surface area (Å²) >= 11 is 6.11. The first-order valence-corrected chi connectivity index (χ1v) is 6.63. The molecular weight excluding hydrogens is 268 g/mol. The first-order chi connectivity index (χ1) is 9.04. The van der Waals surface area contributed by atoms with E-state index < -0.39 is 5.60 Å². The second kappa shape index (κ2) is 5.90. The van der Waals surface area contributed by atoms with Gasteiger partial charge in [0.2, 0.25) is 5.95 Å². The van der Waals surface area contributed by atoms with Crippen LogP contribution in [-0.4, -0.2) is 54.5 Å². The number of nitrogens with zero attached hydrogens (tertiary/aromatic N) is 3. The predicted octanol–water partition coefficient (Wildman–Crippen LogP) is 1.15. The van der Waals surface area contributed by atoms with Gasteiger partial charge in [0.15, 0.2) is 5.82 Å². The van der Waals surface area contributed by atoms with Crippen LogP contribution in [0.3, 0.4) is 0 Å². The number of anilines is 2. The zero-order valence-electron chi connectivity index (χ0n) is 11.2. The molecule has 0 atom stereocenters. The van der Waals surface area contributed by atoms with Crippen molar-refractivity contribution in [2.45, 2.75) is 18.4 Å². The molecule has 6 nitrogen and oxygen atoms in total. The Balaban J connectivity index is 2.12. The van der Waals surface area contributed by atoms with E-state index in [2.05, 4.69) is 15.3 Å². The Hall–Kier alpha value is -1.11. The van der Waals surface area contributed by atoms with Crippen LogP contribution in [0.25, 0.3) is 0 Å². The first-order valence-electron chi connectivity index (χ1n) is 6.26. The van der Waals surface area contributed by atoms with Gasteiger partial charge in [-0.15, -0.1) is 0 Å². The van der Waals surface area contributed by atoms with Gasteiger partial charge in [0.25, 0.3) is 0 Å². The molecule has 0 unspecified atom stereocenters. The summed E-state index contributed by atoms with van der Waals surface area (Å²) in [5.74, 6) is 1.12.